The van der Waals surface area contributed by atoms with E-state index in [9.17, 15) is 36.6 Å². The van der Waals surface area contributed by atoms with Gasteiger partial charge in [0.05, 0.1) is 48.9 Å². The number of hydrogen-bond donors (Lipinski definition) is 2. The highest BCUT2D eigenvalue weighted by Crippen LogP contribution is 2.46. The summed E-state index contributed by atoms with van der Waals surface area (Å²) >= 11 is 0. The Morgan fingerprint density at radius 2 is 1.06 bits per heavy atom. The second-order valence-corrected chi connectivity index (χ2v) is 14.8. The summed E-state index contributed by atoms with van der Waals surface area (Å²) < 4.78 is 74.9. The Morgan fingerprint density at radius 3 is 1.51 bits per heavy atom. The number of fused-ring (bicyclic) bond motifs is 1. The maximum atomic E-state index is 14.5. The van der Waals surface area contributed by atoms with Crippen LogP contribution in [0.4, 0.5) is 11.4 Å². The monoisotopic (exact) mass is 734 g/mol. The molecule has 2 N–H and O–H groups in total. The van der Waals surface area contributed by atoms with E-state index in [2.05, 4.69) is 0 Å². The van der Waals surface area contributed by atoms with Crippen LogP contribution in [0.3, 0.4) is 0 Å². The van der Waals surface area contributed by atoms with Gasteiger partial charge in [-0.3, -0.25) is 18.2 Å². The van der Waals surface area contributed by atoms with E-state index in [4.69, 9.17) is 14.2 Å². The molecule has 0 atom stereocenters. The SMILES string of the molecule is COc1ccc(-c2cc(N(CC(=O)O)S(=O)(=O)c3ccc(OC)cc3)c3ccccc3c2N(CCC(=O)O)S(=O)(=O)c2ccc(OC)cc2)cc1. The normalized spacial score (nSPS) is 11.5. The zero-order chi connectivity index (χ0) is 36.9. The lowest BCUT2D eigenvalue weighted by Gasteiger charge is -2.31. The molecular formula is C36H34N2O11S2. The summed E-state index contributed by atoms with van der Waals surface area (Å²) in [6.07, 6.45) is -0.579. The zero-order valence-corrected chi connectivity index (χ0v) is 29.3. The van der Waals surface area contributed by atoms with Crippen molar-refractivity contribution in [1.82, 2.24) is 0 Å². The van der Waals surface area contributed by atoms with Crippen LogP contribution in [0, 0.1) is 0 Å². The molecule has 13 nitrogen and oxygen atoms in total. The minimum Gasteiger partial charge on any atom is -0.497 e. The summed E-state index contributed by atoms with van der Waals surface area (Å²) in [6, 6.07) is 25.3. The molecule has 0 aliphatic rings. The van der Waals surface area contributed by atoms with Crippen LogP contribution in [0.15, 0.2) is 113 Å². The molecule has 51 heavy (non-hydrogen) atoms. The molecule has 0 fully saturated rings. The Labute approximate surface area is 294 Å². The molecule has 0 aliphatic carbocycles. The minimum absolute atomic E-state index is 0.0497. The second kappa shape index (κ2) is 15.0. The van der Waals surface area contributed by atoms with E-state index in [1.807, 2.05) is 0 Å². The van der Waals surface area contributed by atoms with E-state index < -0.39 is 51.5 Å². The van der Waals surface area contributed by atoms with Crippen LogP contribution < -0.4 is 22.8 Å². The number of carbonyl (C=O) groups is 2. The van der Waals surface area contributed by atoms with E-state index in [1.54, 1.807) is 48.5 Å². The largest absolute Gasteiger partial charge is 0.497 e. The Hall–Kier alpha value is -5.80. The third kappa shape index (κ3) is 7.54. The van der Waals surface area contributed by atoms with Gasteiger partial charge in [0.25, 0.3) is 20.0 Å². The Morgan fingerprint density at radius 1 is 0.608 bits per heavy atom. The highest BCUT2D eigenvalue weighted by molar-refractivity contribution is 7.93. The molecule has 5 aromatic rings. The molecule has 0 unspecified atom stereocenters. The number of ether oxygens (including phenoxy) is 3. The van der Waals surface area contributed by atoms with Crippen LogP contribution in [-0.2, 0) is 29.6 Å². The van der Waals surface area contributed by atoms with E-state index in [0.717, 1.165) is 8.61 Å². The minimum atomic E-state index is -4.55. The number of anilines is 2. The summed E-state index contributed by atoms with van der Waals surface area (Å²) in [7, 11) is -4.72. The Balaban J connectivity index is 1.88. The fourth-order valence-corrected chi connectivity index (χ4v) is 8.46. The molecule has 0 saturated heterocycles. The van der Waals surface area contributed by atoms with Crippen molar-refractivity contribution in [3.8, 4) is 28.4 Å². The standard InChI is InChI=1S/C36H34N2O11S2/c1-47-25-10-8-24(9-11-25)32-22-33(38(23-35(41)42)51(45,46)29-18-14-27(49-3)15-19-29)30-6-4-5-7-31(30)36(32)37(21-20-34(39)40)50(43,44)28-16-12-26(48-2)13-17-28/h4-19,22H,20-21,23H2,1-3H3,(H,39,40)(H,41,42). The van der Waals surface area contributed by atoms with Gasteiger partial charge in [-0.1, -0.05) is 36.4 Å². The third-order valence-electron chi connectivity index (χ3n) is 8.02. The first-order valence-corrected chi connectivity index (χ1v) is 18.2. The maximum absolute atomic E-state index is 14.5. The fourth-order valence-electron chi connectivity index (χ4n) is 5.53. The predicted molar refractivity (Wildman–Crippen MR) is 191 cm³/mol. The number of benzene rings is 5. The summed E-state index contributed by atoms with van der Waals surface area (Å²) in [4.78, 5) is 23.8. The van der Waals surface area contributed by atoms with Crippen LogP contribution in [0.5, 0.6) is 17.2 Å². The molecule has 0 radical (unpaired) electrons. The van der Waals surface area contributed by atoms with Gasteiger partial charge in [-0.05, 0) is 72.3 Å². The van der Waals surface area contributed by atoms with Gasteiger partial charge in [0, 0.05) is 22.9 Å². The highest BCUT2D eigenvalue weighted by atomic mass is 32.2. The molecule has 0 amide bonds. The van der Waals surface area contributed by atoms with Crippen molar-refractivity contribution in [3.05, 3.63) is 103 Å². The van der Waals surface area contributed by atoms with E-state index in [-0.39, 0.29) is 37.5 Å². The highest BCUT2D eigenvalue weighted by Gasteiger charge is 2.34. The molecule has 0 saturated carbocycles. The lowest BCUT2D eigenvalue weighted by Crippen LogP contribution is -2.36. The third-order valence-corrected chi connectivity index (χ3v) is 11.6. The lowest BCUT2D eigenvalue weighted by molar-refractivity contribution is -0.137. The van der Waals surface area contributed by atoms with Crippen LogP contribution in [0.25, 0.3) is 21.9 Å². The molecule has 0 aromatic heterocycles. The average Bonchev–Trinajstić information content (AvgIpc) is 3.13. The first-order chi connectivity index (χ1) is 24.3. The van der Waals surface area contributed by atoms with Gasteiger partial charge >= 0.3 is 11.9 Å². The van der Waals surface area contributed by atoms with E-state index >= 15 is 0 Å². The number of hydrogen-bond acceptors (Lipinski definition) is 9. The number of nitrogens with zero attached hydrogens (tertiary/aromatic N) is 2. The smallest absolute Gasteiger partial charge is 0.324 e. The summed E-state index contributed by atoms with van der Waals surface area (Å²) in [6.45, 7) is -1.48. The molecule has 5 aromatic carbocycles. The zero-order valence-electron chi connectivity index (χ0n) is 27.7. The number of aliphatic carboxylic acids is 2. The number of methoxy groups -OCH3 is 3. The van der Waals surface area contributed by atoms with Crippen LogP contribution in [0.2, 0.25) is 0 Å². The summed E-state index contributed by atoms with van der Waals surface area (Å²) in [5.41, 5.74) is 0.571. The molecule has 266 valence electrons. The predicted octanol–water partition coefficient (Wildman–Crippen LogP) is 5.48. The number of sulfonamides is 2. The van der Waals surface area contributed by atoms with Gasteiger partial charge in [-0.25, -0.2) is 16.8 Å². The molecule has 15 heteroatoms. The number of rotatable bonds is 15. The van der Waals surface area contributed by atoms with Gasteiger partial charge in [-0.2, -0.15) is 0 Å². The molecule has 0 bridgehead atoms. The van der Waals surface area contributed by atoms with Crippen molar-refractivity contribution in [2.75, 3.05) is 43.0 Å². The first kappa shape index (κ1) is 36.5. The number of carboxylic acids is 2. The van der Waals surface area contributed by atoms with Gasteiger partial charge < -0.3 is 24.4 Å². The van der Waals surface area contributed by atoms with Crippen LogP contribution in [0.1, 0.15) is 6.42 Å². The average molecular weight is 735 g/mol. The maximum Gasteiger partial charge on any atom is 0.324 e. The van der Waals surface area contributed by atoms with Crippen molar-refractivity contribution in [3.63, 3.8) is 0 Å². The molecule has 0 spiro atoms. The van der Waals surface area contributed by atoms with Crippen LogP contribution >= 0.6 is 0 Å². The van der Waals surface area contributed by atoms with Crippen molar-refractivity contribution in [2.45, 2.75) is 16.2 Å². The Kier molecular flexibility index (Phi) is 10.7. The van der Waals surface area contributed by atoms with E-state index in [1.165, 1.54) is 75.9 Å². The topological polar surface area (TPSA) is 177 Å². The van der Waals surface area contributed by atoms with Crippen molar-refractivity contribution < 1.29 is 50.8 Å². The lowest BCUT2D eigenvalue weighted by atomic mass is 9.96. The molecule has 0 aliphatic heterocycles. The van der Waals surface area contributed by atoms with Gasteiger partial charge in [-0.15, -0.1) is 0 Å². The summed E-state index contributed by atoms with van der Waals surface area (Å²) in [5.74, 6) is -1.44. The molecule has 0 heterocycles. The van der Waals surface area contributed by atoms with E-state index in [0.29, 0.717) is 22.8 Å². The fraction of sp³-hybridized carbons (Fsp3) is 0.167. The quantitative estimate of drug-likeness (QED) is 0.139. The van der Waals surface area contributed by atoms with Crippen LogP contribution in [-0.4, -0.2) is 73.4 Å². The molecular weight excluding hydrogens is 701 g/mol. The second-order valence-electron chi connectivity index (χ2n) is 11.0. The van der Waals surface area contributed by atoms with Crippen molar-refractivity contribution in [1.29, 1.82) is 0 Å². The van der Waals surface area contributed by atoms with Gasteiger partial charge in [0.2, 0.25) is 0 Å². The molecule has 5 rings (SSSR count). The van der Waals surface area contributed by atoms with Crippen molar-refractivity contribution >= 4 is 54.1 Å². The Bertz CT molecular complexity index is 2280. The first-order valence-electron chi connectivity index (χ1n) is 15.3. The van der Waals surface area contributed by atoms with Crippen molar-refractivity contribution in [2.24, 2.45) is 0 Å². The van der Waals surface area contributed by atoms with Gasteiger partial charge in [0.1, 0.15) is 23.8 Å². The van der Waals surface area contributed by atoms with Gasteiger partial charge in [0.15, 0.2) is 0 Å². The number of carboxylic acid groups (broad SMARTS) is 2. The summed E-state index contributed by atoms with van der Waals surface area (Å²) in [5, 5.41) is 20.1.